The van der Waals surface area contributed by atoms with Crippen LogP contribution >= 0.6 is 0 Å². The molecular weight excluding hydrogens is 375 g/mol. The van der Waals surface area contributed by atoms with E-state index >= 15 is 0 Å². The molecule has 0 saturated carbocycles. The van der Waals surface area contributed by atoms with Crippen molar-refractivity contribution in [2.24, 2.45) is 0 Å². The Labute approximate surface area is 167 Å². The summed E-state index contributed by atoms with van der Waals surface area (Å²) in [6.07, 6.45) is -0.928. The van der Waals surface area contributed by atoms with Gasteiger partial charge in [0, 0.05) is 6.07 Å². The van der Waals surface area contributed by atoms with E-state index in [1.54, 1.807) is 32.9 Å². The highest BCUT2D eigenvalue weighted by atomic mass is 32.2. The van der Waals surface area contributed by atoms with E-state index in [9.17, 15) is 9.18 Å². The zero-order valence-electron chi connectivity index (χ0n) is 16.0. The summed E-state index contributed by atoms with van der Waals surface area (Å²) in [5, 5.41) is 0. The maximum absolute atomic E-state index is 14.3. The lowest BCUT2D eigenvalue weighted by Gasteiger charge is -2.18. The standard InChI is InChI=1S/C23H22FO3S/c1-23(2,3)27-22(25)26-21-16-19(14-15-20(21)24)28(17-10-6-4-7-11-17)18-12-8-5-9-13-18/h4-16H,1-3H3/q+1. The molecule has 144 valence electrons. The largest absolute Gasteiger partial charge is 0.514 e. The van der Waals surface area contributed by atoms with Crippen LogP contribution in [0.4, 0.5) is 9.18 Å². The van der Waals surface area contributed by atoms with E-state index in [0.29, 0.717) is 0 Å². The van der Waals surface area contributed by atoms with Crippen molar-refractivity contribution in [1.29, 1.82) is 0 Å². The van der Waals surface area contributed by atoms with Crippen LogP contribution in [0, 0.1) is 5.82 Å². The van der Waals surface area contributed by atoms with E-state index in [-0.39, 0.29) is 5.75 Å². The molecule has 0 atom stereocenters. The Hall–Kier alpha value is -2.79. The van der Waals surface area contributed by atoms with Gasteiger partial charge in [0.05, 0.1) is 10.9 Å². The molecule has 0 radical (unpaired) electrons. The van der Waals surface area contributed by atoms with Gasteiger partial charge in [-0.15, -0.1) is 0 Å². The van der Waals surface area contributed by atoms with E-state index in [4.69, 9.17) is 9.47 Å². The lowest BCUT2D eigenvalue weighted by Crippen LogP contribution is -2.26. The molecule has 0 amide bonds. The molecular formula is C23H22FO3S+. The van der Waals surface area contributed by atoms with Gasteiger partial charge in [-0.25, -0.2) is 9.18 Å². The van der Waals surface area contributed by atoms with Crippen LogP contribution in [0.25, 0.3) is 0 Å². The Morgan fingerprint density at radius 3 is 1.86 bits per heavy atom. The average molecular weight is 397 g/mol. The molecule has 0 fully saturated rings. The van der Waals surface area contributed by atoms with Crippen LogP contribution in [0.2, 0.25) is 0 Å². The fraction of sp³-hybridized carbons (Fsp3) is 0.174. The van der Waals surface area contributed by atoms with E-state index in [0.717, 1.165) is 14.7 Å². The lowest BCUT2D eigenvalue weighted by atomic mass is 10.2. The molecule has 0 aliphatic carbocycles. The predicted octanol–water partition coefficient (Wildman–Crippen LogP) is 6.24. The molecule has 3 aromatic rings. The highest BCUT2D eigenvalue weighted by Crippen LogP contribution is 2.33. The van der Waals surface area contributed by atoms with E-state index in [1.165, 1.54) is 6.07 Å². The fourth-order valence-corrected chi connectivity index (χ4v) is 4.68. The first-order chi connectivity index (χ1) is 13.3. The third kappa shape index (κ3) is 5.14. The molecule has 28 heavy (non-hydrogen) atoms. The number of ether oxygens (including phenoxy) is 2. The Balaban J connectivity index is 1.99. The molecule has 0 aliphatic rings. The summed E-state index contributed by atoms with van der Waals surface area (Å²) in [4.78, 5) is 15.0. The van der Waals surface area contributed by atoms with E-state index in [1.807, 2.05) is 60.7 Å². The quantitative estimate of drug-likeness (QED) is 0.297. The second-order valence-electron chi connectivity index (χ2n) is 7.09. The van der Waals surface area contributed by atoms with Crippen molar-refractivity contribution in [2.45, 2.75) is 41.1 Å². The summed E-state index contributed by atoms with van der Waals surface area (Å²) < 4.78 is 24.6. The molecule has 0 heterocycles. The van der Waals surface area contributed by atoms with Crippen LogP contribution < -0.4 is 4.74 Å². The van der Waals surface area contributed by atoms with Gasteiger partial charge in [0.1, 0.15) is 5.60 Å². The molecule has 0 saturated heterocycles. The molecule has 3 rings (SSSR count). The summed E-state index contributed by atoms with van der Waals surface area (Å²) in [6, 6.07) is 24.6. The van der Waals surface area contributed by atoms with Crippen molar-refractivity contribution in [2.75, 3.05) is 0 Å². The van der Waals surface area contributed by atoms with Crippen LogP contribution in [0.5, 0.6) is 5.75 Å². The predicted molar refractivity (Wildman–Crippen MR) is 108 cm³/mol. The molecule has 0 unspecified atom stereocenters. The third-order valence-corrected chi connectivity index (χ3v) is 5.89. The molecule has 0 bridgehead atoms. The number of rotatable bonds is 4. The first-order valence-corrected chi connectivity index (χ1v) is 10.1. The van der Waals surface area contributed by atoms with Gasteiger partial charge in [-0.2, -0.15) is 0 Å². The van der Waals surface area contributed by atoms with Gasteiger partial charge >= 0.3 is 6.16 Å². The highest BCUT2D eigenvalue weighted by molar-refractivity contribution is 7.97. The van der Waals surface area contributed by atoms with Crippen molar-refractivity contribution >= 4 is 17.1 Å². The van der Waals surface area contributed by atoms with Crippen molar-refractivity contribution in [3.63, 3.8) is 0 Å². The number of hydrogen-bond donors (Lipinski definition) is 0. The highest BCUT2D eigenvalue weighted by Gasteiger charge is 2.30. The Morgan fingerprint density at radius 2 is 1.36 bits per heavy atom. The van der Waals surface area contributed by atoms with Crippen LogP contribution in [0.15, 0.2) is 93.5 Å². The topological polar surface area (TPSA) is 35.5 Å². The average Bonchev–Trinajstić information content (AvgIpc) is 2.65. The number of benzene rings is 3. The zero-order valence-corrected chi connectivity index (χ0v) is 16.8. The van der Waals surface area contributed by atoms with Crippen molar-refractivity contribution in [3.8, 4) is 5.75 Å². The van der Waals surface area contributed by atoms with Gasteiger partial charge in [-0.1, -0.05) is 36.4 Å². The van der Waals surface area contributed by atoms with Gasteiger partial charge in [0.2, 0.25) is 0 Å². The summed E-state index contributed by atoms with van der Waals surface area (Å²) in [7, 11) is -0.466. The Kier molecular flexibility index (Phi) is 6.05. The lowest BCUT2D eigenvalue weighted by molar-refractivity contribution is 0.0198. The fourth-order valence-electron chi connectivity index (χ4n) is 2.57. The van der Waals surface area contributed by atoms with Crippen LogP contribution in [0.1, 0.15) is 20.8 Å². The van der Waals surface area contributed by atoms with E-state index in [2.05, 4.69) is 0 Å². The van der Waals surface area contributed by atoms with Crippen LogP contribution in [-0.4, -0.2) is 11.8 Å². The maximum atomic E-state index is 14.3. The van der Waals surface area contributed by atoms with Crippen molar-refractivity contribution in [1.82, 2.24) is 0 Å². The Bertz CT molecular complexity index is 898. The number of carbonyl (C=O) groups is 1. The smallest absolute Gasteiger partial charge is 0.428 e. The second-order valence-corrected chi connectivity index (χ2v) is 9.12. The molecule has 0 spiro atoms. The van der Waals surface area contributed by atoms with Gasteiger partial charge in [0.25, 0.3) is 0 Å². The van der Waals surface area contributed by atoms with Gasteiger partial charge < -0.3 is 9.47 Å². The summed E-state index contributed by atoms with van der Waals surface area (Å²) in [5.74, 6) is -0.754. The number of carbonyl (C=O) groups excluding carboxylic acids is 1. The minimum atomic E-state index is -0.928. The van der Waals surface area contributed by atoms with Crippen molar-refractivity contribution in [3.05, 3.63) is 84.7 Å². The monoisotopic (exact) mass is 397 g/mol. The first-order valence-electron chi connectivity index (χ1n) is 8.88. The summed E-state index contributed by atoms with van der Waals surface area (Å²) in [5.41, 5.74) is -0.719. The zero-order chi connectivity index (χ0) is 20.1. The van der Waals surface area contributed by atoms with Gasteiger partial charge in [0.15, 0.2) is 26.3 Å². The normalized spacial score (nSPS) is 11.3. The summed E-state index contributed by atoms with van der Waals surface area (Å²) >= 11 is 0. The molecule has 0 aliphatic heterocycles. The van der Waals surface area contributed by atoms with Crippen LogP contribution in [-0.2, 0) is 15.6 Å². The molecule has 0 N–H and O–H groups in total. The minimum Gasteiger partial charge on any atom is -0.428 e. The SMILES string of the molecule is CC(C)(C)OC(=O)Oc1cc([S+](c2ccccc2)c2ccccc2)ccc1F. The van der Waals surface area contributed by atoms with E-state index < -0.39 is 28.5 Å². The van der Waals surface area contributed by atoms with Crippen LogP contribution in [0.3, 0.4) is 0 Å². The van der Waals surface area contributed by atoms with Crippen molar-refractivity contribution < 1.29 is 18.7 Å². The molecule has 3 aromatic carbocycles. The molecule has 5 heteroatoms. The summed E-state index contributed by atoms with van der Waals surface area (Å²) in [6.45, 7) is 5.18. The minimum absolute atomic E-state index is 0.142. The molecule has 0 aromatic heterocycles. The number of hydrogen-bond acceptors (Lipinski definition) is 3. The number of halogens is 1. The second kappa shape index (κ2) is 8.48. The third-order valence-electron chi connectivity index (χ3n) is 3.68. The first kappa shape index (κ1) is 20.0. The van der Waals surface area contributed by atoms with Gasteiger partial charge in [-0.05, 0) is 57.2 Å². The maximum Gasteiger partial charge on any atom is 0.514 e. The molecule has 3 nitrogen and oxygen atoms in total. The Morgan fingerprint density at radius 1 is 0.821 bits per heavy atom. The van der Waals surface area contributed by atoms with Gasteiger partial charge in [-0.3, -0.25) is 0 Å².